The molecule has 0 atom stereocenters. The van der Waals surface area contributed by atoms with Crippen LogP contribution >= 0.6 is 0 Å². The number of hydrogen-bond donors (Lipinski definition) is 1. The van der Waals surface area contributed by atoms with Crippen molar-refractivity contribution in [2.75, 3.05) is 7.05 Å². The Morgan fingerprint density at radius 3 is 2.68 bits per heavy atom. The molecular weight excluding hydrogens is 286 g/mol. The highest BCUT2D eigenvalue weighted by Crippen LogP contribution is 2.37. The summed E-state index contributed by atoms with van der Waals surface area (Å²) >= 11 is 0. The maximum Gasteiger partial charge on any atom is 0.371 e. The van der Waals surface area contributed by atoms with Gasteiger partial charge in [-0.05, 0) is 12.1 Å². The molecule has 0 fully saturated rings. The van der Waals surface area contributed by atoms with E-state index in [2.05, 4.69) is 16.1 Å². The van der Waals surface area contributed by atoms with Crippen LogP contribution in [0.4, 0.5) is 0 Å². The molecule has 1 amide bonds. The minimum atomic E-state index is -1.13. The molecule has 0 unspecified atom stereocenters. The summed E-state index contributed by atoms with van der Waals surface area (Å²) in [5.41, 5.74) is -0.468. The van der Waals surface area contributed by atoms with Crippen LogP contribution in [-0.4, -0.2) is 34.6 Å². The minimum absolute atomic E-state index is 0.0781. The molecule has 1 aliphatic heterocycles. The van der Waals surface area contributed by atoms with Crippen LogP contribution in [0.25, 0.3) is 0 Å². The largest absolute Gasteiger partial charge is 0.475 e. The van der Waals surface area contributed by atoms with Crippen LogP contribution in [0.3, 0.4) is 0 Å². The molecule has 2 heterocycles. The number of carboxylic acids is 1. The number of terminal acetylenes is 1. The van der Waals surface area contributed by atoms with Gasteiger partial charge in [0.15, 0.2) is 5.66 Å². The fourth-order valence-electron chi connectivity index (χ4n) is 2.07. The van der Waals surface area contributed by atoms with Gasteiger partial charge in [0, 0.05) is 32.7 Å². The second kappa shape index (κ2) is 6.43. The van der Waals surface area contributed by atoms with Gasteiger partial charge >= 0.3 is 5.97 Å². The number of carbonyl (C=O) groups excluding carboxylic acids is 1. The number of furan rings is 1. The van der Waals surface area contributed by atoms with Crippen molar-refractivity contribution >= 4 is 11.9 Å². The lowest BCUT2D eigenvalue weighted by Gasteiger charge is -2.16. The van der Waals surface area contributed by atoms with Crippen molar-refractivity contribution in [3.63, 3.8) is 0 Å². The van der Waals surface area contributed by atoms with Crippen molar-refractivity contribution in [1.29, 1.82) is 0 Å². The van der Waals surface area contributed by atoms with Crippen molar-refractivity contribution in [3.05, 3.63) is 23.7 Å². The molecule has 0 spiro atoms. The Morgan fingerprint density at radius 1 is 1.41 bits per heavy atom. The number of aromatic carboxylic acids is 1. The minimum Gasteiger partial charge on any atom is -0.475 e. The van der Waals surface area contributed by atoms with E-state index in [0.717, 1.165) is 0 Å². The zero-order valence-electron chi connectivity index (χ0n) is 12.3. The van der Waals surface area contributed by atoms with Gasteiger partial charge < -0.3 is 14.4 Å². The molecular formula is C15H17N3O4. The van der Waals surface area contributed by atoms with Crippen LogP contribution in [0.2, 0.25) is 0 Å². The van der Waals surface area contributed by atoms with Gasteiger partial charge in [0.2, 0.25) is 11.7 Å². The average molecular weight is 303 g/mol. The number of nitrogens with zero attached hydrogens (tertiary/aromatic N) is 3. The van der Waals surface area contributed by atoms with Crippen LogP contribution < -0.4 is 0 Å². The van der Waals surface area contributed by atoms with Crippen molar-refractivity contribution in [2.45, 2.75) is 37.9 Å². The molecule has 2 rings (SSSR count). The van der Waals surface area contributed by atoms with Gasteiger partial charge in [-0.15, -0.1) is 12.3 Å². The molecule has 0 bridgehead atoms. The Hall–Kier alpha value is -2.62. The zero-order chi connectivity index (χ0) is 16.2. The van der Waals surface area contributed by atoms with E-state index in [1.54, 1.807) is 13.1 Å². The van der Waals surface area contributed by atoms with Gasteiger partial charge in [-0.1, -0.05) is 0 Å². The van der Waals surface area contributed by atoms with Crippen LogP contribution in [0, 0.1) is 12.3 Å². The molecule has 0 saturated carbocycles. The van der Waals surface area contributed by atoms with Crippen LogP contribution in [0.5, 0.6) is 0 Å². The molecule has 0 radical (unpaired) electrons. The van der Waals surface area contributed by atoms with E-state index >= 15 is 0 Å². The Bertz CT molecular complexity index is 635. The highest BCUT2D eigenvalue weighted by Gasteiger charge is 2.39. The first kappa shape index (κ1) is 15.8. The van der Waals surface area contributed by atoms with E-state index in [9.17, 15) is 9.59 Å². The molecule has 1 aromatic heterocycles. The summed E-state index contributed by atoms with van der Waals surface area (Å²) in [4.78, 5) is 24.3. The SMILES string of the molecule is C#CCCC1(CCC(=O)N(C)Cc2ccc(C(=O)O)o2)N=N1. The van der Waals surface area contributed by atoms with E-state index in [1.807, 2.05) is 0 Å². The van der Waals surface area contributed by atoms with E-state index in [-0.39, 0.29) is 18.2 Å². The van der Waals surface area contributed by atoms with E-state index in [1.165, 1.54) is 11.0 Å². The third-order valence-electron chi connectivity index (χ3n) is 3.48. The smallest absolute Gasteiger partial charge is 0.371 e. The zero-order valence-corrected chi connectivity index (χ0v) is 12.3. The molecule has 1 aliphatic rings. The molecule has 7 heteroatoms. The number of hydrogen-bond acceptors (Lipinski definition) is 5. The lowest BCUT2D eigenvalue weighted by atomic mass is 10.0. The molecule has 1 N–H and O–H groups in total. The topological polar surface area (TPSA) is 95.5 Å². The van der Waals surface area contributed by atoms with Crippen molar-refractivity contribution in [1.82, 2.24) is 4.90 Å². The molecule has 0 saturated heterocycles. The maximum atomic E-state index is 12.1. The molecule has 0 aromatic carbocycles. The Balaban J connectivity index is 1.79. The van der Waals surface area contributed by atoms with Crippen LogP contribution in [0.15, 0.2) is 26.8 Å². The maximum absolute atomic E-state index is 12.1. The summed E-state index contributed by atoms with van der Waals surface area (Å²) in [6.45, 7) is 0.220. The first-order valence-corrected chi connectivity index (χ1v) is 6.89. The summed E-state index contributed by atoms with van der Waals surface area (Å²) in [6, 6.07) is 2.92. The predicted molar refractivity (Wildman–Crippen MR) is 77.0 cm³/mol. The van der Waals surface area contributed by atoms with Crippen molar-refractivity contribution in [2.24, 2.45) is 10.2 Å². The molecule has 22 heavy (non-hydrogen) atoms. The summed E-state index contributed by atoms with van der Waals surface area (Å²) in [7, 11) is 1.64. The second-order valence-corrected chi connectivity index (χ2v) is 5.21. The second-order valence-electron chi connectivity index (χ2n) is 5.21. The lowest BCUT2D eigenvalue weighted by molar-refractivity contribution is -0.130. The van der Waals surface area contributed by atoms with Crippen LogP contribution in [0.1, 0.15) is 42.0 Å². The molecule has 0 aliphatic carbocycles. The average Bonchev–Trinajstić information content (AvgIpc) is 3.11. The van der Waals surface area contributed by atoms with Gasteiger partial charge in [-0.2, -0.15) is 10.2 Å². The normalized spacial score (nSPS) is 14.4. The van der Waals surface area contributed by atoms with Gasteiger partial charge in [-0.3, -0.25) is 4.79 Å². The molecule has 1 aromatic rings. The van der Waals surface area contributed by atoms with Gasteiger partial charge in [0.25, 0.3) is 0 Å². The summed E-state index contributed by atoms with van der Waals surface area (Å²) < 4.78 is 5.12. The highest BCUT2D eigenvalue weighted by molar-refractivity contribution is 5.84. The summed E-state index contributed by atoms with van der Waals surface area (Å²) in [5, 5.41) is 16.8. The first-order valence-electron chi connectivity index (χ1n) is 6.89. The number of amides is 1. The third kappa shape index (κ3) is 3.95. The standard InChI is InChI=1S/C15H17N3O4/c1-3-4-8-15(16-17-15)9-7-13(19)18(2)10-11-5-6-12(22-11)14(20)21/h1,5-6H,4,7-10H2,2H3,(H,20,21). The molecule has 7 nitrogen and oxygen atoms in total. The third-order valence-corrected chi connectivity index (χ3v) is 3.48. The fourth-order valence-corrected chi connectivity index (χ4v) is 2.07. The summed E-state index contributed by atoms with van der Waals surface area (Å²) in [5.74, 6) is 1.62. The summed E-state index contributed by atoms with van der Waals surface area (Å²) in [6.07, 6.45) is 7.31. The van der Waals surface area contributed by atoms with E-state index in [0.29, 0.717) is 31.4 Å². The van der Waals surface area contributed by atoms with Crippen molar-refractivity contribution < 1.29 is 19.1 Å². The highest BCUT2D eigenvalue weighted by atomic mass is 16.4. The Labute approximate surface area is 128 Å². The predicted octanol–water partition coefficient (Wildman–Crippen LogP) is 2.29. The molecule has 116 valence electrons. The number of rotatable bonds is 8. The van der Waals surface area contributed by atoms with Crippen LogP contribution in [-0.2, 0) is 11.3 Å². The number of carboxylic acid groups (broad SMARTS) is 1. The Morgan fingerprint density at radius 2 is 2.14 bits per heavy atom. The monoisotopic (exact) mass is 303 g/mol. The fraction of sp³-hybridized carbons (Fsp3) is 0.467. The Kier molecular flexibility index (Phi) is 4.61. The van der Waals surface area contributed by atoms with E-state index < -0.39 is 11.6 Å². The van der Waals surface area contributed by atoms with Gasteiger partial charge in [0.1, 0.15) is 5.76 Å². The quantitative estimate of drug-likeness (QED) is 0.745. The van der Waals surface area contributed by atoms with Gasteiger partial charge in [-0.25, -0.2) is 4.79 Å². The van der Waals surface area contributed by atoms with Crippen molar-refractivity contribution in [3.8, 4) is 12.3 Å². The number of carbonyl (C=O) groups is 2. The van der Waals surface area contributed by atoms with Gasteiger partial charge in [0.05, 0.1) is 6.54 Å². The lowest BCUT2D eigenvalue weighted by Crippen LogP contribution is -2.27. The van der Waals surface area contributed by atoms with E-state index in [4.69, 9.17) is 15.9 Å². The first-order chi connectivity index (χ1) is 10.5.